The fraction of sp³-hybridized carbons (Fsp3) is 0.300. The van der Waals surface area contributed by atoms with E-state index in [4.69, 9.17) is 16.3 Å². The molecule has 5 nitrogen and oxygen atoms in total. The number of hydrogen-bond donors (Lipinski definition) is 2. The summed E-state index contributed by atoms with van der Waals surface area (Å²) >= 11 is 5.89. The molecule has 2 rings (SSSR count). The molecule has 0 aliphatic rings. The number of rotatable bonds is 9. The minimum Gasteiger partial charge on any atom is -0.494 e. The summed E-state index contributed by atoms with van der Waals surface area (Å²) in [5.74, 6) is 0.500. The van der Waals surface area contributed by atoms with Gasteiger partial charge in [-0.25, -0.2) is 0 Å². The maximum atomic E-state index is 12.2. The van der Waals surface area contributed by atoms with Crippen molar-refractivity contribution < 1.29 is 14.3 Å². The Kier molecular flexibility index (Phi) is 7.96. The Morgan fingerprint density at radius 3 is 2.42 bits per heavy atom. The highest BCUT2D eigenvalue weighted by atomic mass is 35.5. The van der Waals surface area contributed by atoms with Crippen LogP contribution in [0.3, 0.4) is 0 Å². The van der Waals surface area contributed by atoms with Gasteiger partial charge in [0, 0.05) is 18.5 Å². The Hall–Kier alpha value is -2.53. The van der Waals surface area contributed by atoms with E-state index in [1.807, 2.05) is 42.5 Å². The molecule has 2 aromatic rings. The molecule has 0 aliphatic heterocycles. The zero-order valence-electron chi connectivity index (χ0n) is 14.7. The molecule has 0 fully saturated rings. The molecular weight excluding hydrogens is 352 g/mol. The molecule has 0 saturated carbocycles. The summed E-state index contributed by atoms with van der Waals surface area (Å²) in [5.41, 5.74) is 0.840. The second kappa shape index (κ2) is 10.5. The van der Waals surface area contributed by atoms with E-state index >= 15 is 0 Å². The first-order valence-electron chi connectivity index (χ1n) is 8.51. The van der Waals surface area contributed by atoms with Crippen molar-refractivity contribution in [3.05, 3.63) is 65.2 Å². The average Bonchev–Trinajstić information content (AvgIpc) is 2.62. The fourth-order valence-electron chi connectivity index (χ4n) is 2.46. The van der Waals surface area contributed by atoms with Gasteiger partial charge in [-0.2, -0.15) is 0 Å². The number of nitrogens with one attached hydrogen (secondary N) is 2. The summed E-state index contributed by atoms with van der Waals surface area (Å²) in [4.78, 5) is 23.6. The highest BCUT2D eigenvalue weighted by Crippen LogP contribution is 2.19. The third kappa shape index (κ3) is 7.15. The number of para-hydroxylation sites is 1. The first kappa shape index (κ1) is 19.8. The van der Waals surface area contributed by atoms with Gasteiger partial charge in [-0.15, -0.1) is 0 Å². The maximum Gasteiger partial charge on any atom is 0.222 e. The van der Waals surface area contributed by atoms with Crippen LogP contribution in [0, 0.1) is 0 Å². The van der Waals surface area contributed by atoms with E-state index in [1.165, 1.54) is 6.92 Å². The molecule has 26 heavy (non-hydrogen) atoms. The zero-order valence-corrected chi connectivity index (χ0v) is 15.5. The Bertz CT molecular complexity index is 705. The van der Waals surface area contributed by atoms with Crippen molar-refractivity contribution in [1.82, 2.24) is 10.6 Å². The van der Waals surface area contributed by atoms with Crippen LogP contribution in [0.15, 0.2) is 54.6 Å². The lowest BCUT2D eigenvalue weighted by Crippen LogP contribution is -2.33. The predicted molar refractivity (Wildman–Crippen MR) is 102 cm³/mol. The summed E-state index contributed by atoms with van der Waals surface area (Å²) in [5, 5.41) is 6.27. The molecule has 2 N–H and O–H groups in total. The number of carbonyl (C=O) groups excluding carboxylic acids is 2. The third-order valence-electron chi connectivity index (χ3n) is 3.69. The molecule has 0 aromatic heterocycles. The van der Waals surface area contributed by atoms with E-state index in [-0.39, 0.29) is 24.3 Å². The monoisotopic (exact) mass is 374 g/mol. The molecular formula is C20H23ClN2O3. The highest BCUT2D eigenvalue weighted by Gasteiger charge is 2.16. The molecule has 1 unspecified atom stereocenters. The van der Waals surface area contributed by atoms with Crippen LogP contribution in [0.1, 0.15) is 31.4 Å². The van der Waals surface area contributed by atoms with Crippen molar-refractivity contribution in [3.63, 3.8) is 0 Å². The van der Waals surface area contributed by atoms with Crippen molar-refractivity contribution >= 4 is 23.4 Å². The third-order valence-corrected chi connectivity index (χ3v) is 3.95. The van der Waals surface area contributed by atoms with E-state index in [2.05, 4.69) is 10.6 Å². The van der Waals surface area contributed by atoms with Gasteiger partial charge in [-0.1, -0.05) is 41.9 Å². The number of benzene rings is 2. The minimum atomic E-state index is -0.384. The Morgan fingerprint density at radius 2 is 1.77 bits per heavy atom. The summed E-state index contributed by atoms with van der Waals surface area (Å²) in [7, 11) is 0. The molecule has 2 aromatic carbocycles. The Balaban J connectivity index is 1.76. The van der Waals surface area contributed by atoms with Gasteiger partial charge >= 0.3 is 0 Å². The molecule has 0 spiro atoms. The molecule has 6 heteroatoms. The molecule has 0 aliphatic carbocycles. The van der Waals surface area contributed by atoms with Gasteiger partial charge in [-0.3, -0.25) is 9.59 Å². The molecule has 0 saturated heterocycles. The van der Waals surface area contributed by atoms with E-state index in [0.29, 0.717) is 24.6 Å². The smallest absolute Gasteiger partial charge is 0.222 e. The van der Waals surface area contributed by atoms with Gasteiger partial charge in [0.25, 0.3) is 0 Å². The molecule has 138 valence electrons. The number of ether oxygens (including phenoxy) is 1. The predicted octanol–water partition coefficient (Wildman–Crippen LogP) is 3.49. The van der Waals surface area contributed by atoms with E-state index in [9.17, 15) is 9.59 Å². The van der Waals surface area contributed by atoms with Gasteiger partial charge in [-0.05, 0) is 36.2 Å². The second-order valence-corrected chi connectivity index (χ2v) is 6.31. The first-order chi connectivity index (χ1) is 12.5. The van der Waals surface area contributed by atoms with Crippen LogP contribution in [0.25, 0.3) is 0 Å². The number of amides is 2. The van der Waals surface area contributed by atoms with Crippen LogP contribution in [0.2, 0.25) is 5.02 Å². The number of halogens is 1. The summed E-state index contributed by atoms with van der Waals surface area (Å²) in [6, 6.07) is 16.3. The van der Waals surface area contributed by atoms with Crippen molar-refractivity contribution in [2.24, 2.45) is 0 Å². The summed E-state index contributed by atoms with van der Waals surface area (Å²) in [6.07, 6.45) is 0.868. The van der Waals surface area contributed by atoms with Crippen LogP contribution >= 0.6 is 11.6 Å². The lowest BCUT2D eigenvalue weighted by atomic mass is 10.0. The SMILES string of the molecule is CC(=O)NC(CC(=O)NCCCOc1ccccc1)c1ccc(Cl)cc1. The van der Waals surface area contributed by atoms with E-state index in [0.717, 1.165) is 11.3 Å². The minimum absolute atomic E-state index is 0.126. The summed E-state index contributed by atoms with van der Waals surface area (Å²) < 4.78 is 5.58. The molecule has 0 bridgehead atoms. The van der Waals surface area contributed by atoms with E-state index in [1.54, 1.807) is 12.1 Å². The van der Waals surface area contributed by atoms with Crippen LogP contribution in [-0.4, -0.2) is 25.0 Å². The fourth-order valence-corrected chi connectivity index (χ4v) is 2.58. The van der Waals surface area contributed by atoms with Crippen LogP contribution < -0.4 is 15.4 Å². The largest absolute Gasteiger partial charge is 0.494 e. The Morgan fingerprint density at radius 1 is 1.08 bits per heavy atom. The average molecular weight is 375 g/mol. The van der Waals surface area contributed by atoms with Gasteiger partial charge < -0.3 is 15.4 Å². The van der Waals surface area contributed by atoms with Gasteiger partial charge in [0.2, 0.25) is 11.8 Å². The normalized spacial score (nSPS) is 11.5. The van der Waals surface area contributed by atoms with Gasteiger partial charge in [0.1, 0.15) is 5.75 Å². The number of carbonyl (C=O) groups is 2. The second-order valence-electron chi connectivity index (χ2n) is 5.87. The quantitative estimate of drug-likeness (QED) is 0.660. The number of hydrogen-bond acceptors (Lipinski definition) is 3. The van der Waals surface area contributed by atoms with Gasteiger partial charge in [0.15, 0.2) is 0 Å². The summed E-state index contributed by atoms with van der Waals surface area (Å²) in [6.45, 7) is 2.47. The Labute approximate surface area is 158 Å². The van der Waals surface area contributed by atoms with Crippen molar-refractivity contribution in [1.29, 1.82) is 0 Å². The lowest BCUT2D eigenvalue weighted by molar-refractivity contribution is -0.122. The molecule has 2 amide bonds. The van der Waals surface area contributed by atoms with E-state index < -0.39 is 0 Å². The van der Waals surface area contributed by atoms with Crippen molar-refractivity contribution in [3.8, 4) is 5.75 Å². The topological polar surface area (TPSA) is 67.4 Å². The van der Waals surface area contributed by atoms with Crippen molar-refractivity contribution in [2.45, 2.75) is 25.8 Å². The standard InChI is InChI=1S/C20H23ClN2O3/c1-15(24)23-19(16-8-10-17(21)11-9-16)14-20(25)22-12-5-13-26-18-6-3-2-4-7-18/h2-4,6-11,19H,5,12-14H2,1H3,(H,22,25)(H,23,24). The maximum absolute atomic E-state index is 12.2. The molecule has 0 heterocycles. The molecule has 0 radical (unpaired) electrons. The lowest BCUT2D eigenvalue weighted by Gasteiger charge is -2.18. The molecule has 1 atom stereocenters. The van der Waals surface area contributed by atoms with Crippen LogP contribution in [0.5, 0.6) is 5.75 Å². The van der Waals surface area contributed by atoms with Crippen LogP contribution in [0.4, 0.5) is 0 Å². The van der Waals surface area contributed by atoms with Gasteiger partial charge in [0.05, 0.1) is 19.1 Å². The zero-order chi connectivity index (χ0) is 18.8. The van der Waals surface area contributed by atoms with Crippen LogP contribution in [-0.2, 0) is 9.59 Å². The first-order valence-corrected chi connectivity index (χ1v) is 8.89. The van der Waals surface area contributed by atoms with Crippen molar-refractivity contribution in [2.75, 3.05) is 13.2 Å². The highest BCUT2D eigenvalue weighted by molar-refractivity contribution is 6.30.